The van der Waals surface area contributed by atoms with Crippen LogP contribution in [-0.4, -0.2) is 52.6 Å². The second-order valence-corrected chi connectivity index (χ2v) is 13.9. The molecule has 4 aliphatic carbocycles. The van der Waals surface area contributed by atoms with Crippen LogP contribution in [0.15, 0.2) is 40.2 Å². The maximum absolute atomic E-state index is 14.1. The lowest BCUT2D eigenvalue weighted by Gasteiger charge is -2.38. The average Bonchev–Trinajstić information content (AvgIpc) is 3.81. The highest BCUT2D eigenvalue weighted by molar-refractivity contribution is 6.44. The largest absolute Gasteiger partial charge is 0.506 e. The molecule has 45 heavy (non-hydrogen) atoms. The van der Waals surface area contributed by atoms with E-state index in [0.29, 0.717) is 41.1 Å². The summed E-state index contributed by atoms with van der Waals surface area (Å²) in [6, 6.07) is 5.69. The highest BCUT2D eigenvalue weighted by Crippen LogP contribution is 2.45. The molecule has 1 aromatic carbocycles. The van der Waals surface area contributed by atoms with Crippen molar-refractivity contribution in [2.75, 3.05) is 23.3 Å². The summed E-state index contributed by atoms with van der Waals surface area (Å²) in [6.07, 6.45) is 15.3. The number of carbonyl (C=O) groups excluding carboxylic acids is 3. The summed E-state index contributed by atoms with van der Waals surface area (Å²) in [5, 5.41) is 21.0. The number of aliphatic hydroxyl groups excluding tert-OH is 1. The van der Waals surface area contributed by atoms with E-state index in [-0.39, 0.29) is 46.1 Å². The van der Waals surface area contributed by atoms with Crippen molar-refractivity contribution in [2.24, 2.45) is 22.9 Å². The van der Waals surface area contributed by atoms with Crippen LogP contribution in [0.4, 0.5) is 11.4 Å². The van der Waals surface area contributed by atoms with Crippen LogP contribution in [0.25, 0.3) is 5.57 Å². The number of ketones is 1. The first kappa shape index (κ1) is 31.6. The average molecular weight is 615 g/mol. The molecule has 1 unspecified atom stereocenters. The maximum Gasteiger partial charge on any atom is 0.277 e. The molecule has 8 heteroatoms. The summed E-state index contributed by atoms with van der Waals surface area (Å²) in [7, 11) is 0. The molecule has 0 radical (unpaired) electrons. The van der Waals surface area contributed by atoms with E-state index in [9.17, 15) is 19.5 Å². The number of hydrogen-bond donors (Lipinski definition) is 2. The number of benzene rings is 1. The lowest BCUT2D eigenvalue weighted by Crippen LogP contribution is -2.45. The van der Waals surface area contributed by atoms with Crippen molar-refractivity contribution < 1.29 is 19.5 Å². The maximum atomic E-state index is 14.1. The molecular formula is C37H50N4O4. The van der Waals surface area contributed by atoms with Crippen LogP contribution in [0.5, 0.6) is 0 Å². The summed E-state index contributed by atoms with van der Waals surface area (Å²) < 4.78 is 0. The SMILES string of the molecule is CCN(CC)c1ccc(C2=C(O)/C(=C3/C(=O)N(C(C4CCCCC4)C4CCCC4)N=C3C)C2=O)c(NC(=O)CC2CCCC2)c1. The summed E-state index contributed by atoms with van der Waals surface area (Å²) in [4.78, 5) is 43.3. The van der Waals surface area contributed by atoms with Crippen LogP contribution in [0.2, 0.25) is 0 Å². The second kappa shape index (κ2) is 13.5. The Kier molecular flexibility index (Phi) is 9.48. The summed E-state index contributed by atoms with van der Waals surface area (Å²) in [6.45, 7) is 7.53. The fraction of sp³-hybridized carbons (Fsp3) is 0.622. The molecule has 1 atom stereocenters. The minimum absolute atomic E-state index is 0.0448. The van der Waals surface area contributed by atoms with Crippen molar-refractivity contribution in [3.63, 3.8) is 0 Å². The zero-order valence-corrected chi connectivity index (χ0v) is 27.4. The van der Waals surface area contributed by atoms with Gasteiger partial charge in [0, 0.05) is 30.8 Å². The van der Waals surface area contributed by atoms with E-state index < -0.39 is 0 Å². The van der Waals surface area contributed by atoms with Gasteiger partial charge in [0.1, 0.15) is 5.76 Å². The molecule has 6 rings (SSSR count). The smallest absolute Gasteiger partial charge is 0.277 e. The molecule has 0 spiro atoms. The number of Topliss-reactive ketones (excluding diaryl/α,β-unsaturated/α-hetero) is 1. The predicted molar refractivity (Wildman–Crippen MR) is 179 cm³/mol. The van der Waals surface area contributed by atoms with E-state index in [1.807, 2.05) is 18.2 Å². The van der Waals surface area contributed by atoms with Crippen molar-refractivity contribution in [2.45, 2.75) is 117 Å². The van der Waals surface area contributed by atoms with Gasteiger partial charge >= 0.3 is 0 Å². The van der Waals surface area contributed by atoms with Crippen LogP contribution in [0, 0.1) is 17.8 Å². The molecule has 5 aliphatic rings. The predicted octanol–water partition coefficient (Wildman–Crippen LogP) is 7.56. The lowest BCUT2D eigenvalue weighted by molar-refractivity contribution is -0.131. The summed E-state index contributed by atoms with van der Waals surface area (Å²) in [5.41, 5.74) is 2.88. The second-order valence-electron chi connectivity index (χ2n) is 13.9. The molecule has 3 fully saturated rings. The van der Waals surface area contributed by atoms with Crippen molar-refractivity contribution in [1.29, 1.82) is 0 Å². The van der Waals surface area contributed by atoms with Gasteiger partial charge in [-0.05, 0) is 95.2 Å². The van der Waals surface area contributed by atoms with Gasteiger partial charge in [-0.15, -0.1) is 0 Å². The molecule has 2 amide bonds. The molecule has 0 aromatic heterocycles. The molecule has 8 nitrogen and oxygen atoms in total. The number of aliphatic hydroxyl groups is 1. The first-order valence-electron chi connectivity index (χ1n) is 17.6. The van der Waals surface area contributed by atoms with Crippen molar-refractivity contribution in [3.8, 4) is 0 Å². The Labute approximate surface area is 268 Å². The molecule has 3 saturated carbocycles. The first-order valence-corrected chi connectivity index (χ1v) is 17.6. The Morgan fingerprint density at radius 2 is 1.51 bits per heavy atom. The van der Waals surface area contributed by atoms with Crippen molar-refractivity contribution in [1.82, 2.24) is 5.01 Å². The van der Waals surface area contributed by atoms with Gasteiger partial charge in [-0.2, -0.15) is 5.10 Å². The number of anilines is 2. The molecule has 0 saturated heterocycles. The summed E-state index contributed by atoms with van der Waals surface area (Å²) in [5.74, 6) is 0.342. The van der Waals surface area contributed by atoms with Crippen LogP contribution >= 0.6 is 0 Å². The number of hydrogen-bond acceptors (Lipinski definition) is 6. The topological polar surface area (TPSA) is 102 Å². The normalized spacial score (nSPS) is 24.0. The minimum atomic E-state index is -0.371. The van der Waals surface area contributed by atoms with Gasteiger partial charge in [-0.3, -0.25) is 14.4 Å². The fourth-order valence-corrected chi connectivity index (χ4v) is 8.78. The Balaban J connectivity index is 1.32. The molecule has 0 bridgehead atoms. The molecular weight excluding hydrogens is 564 g/mol. The summed E-state index contributed by atoms with van der Waals surface area (Å²) >= 11 is 0. The standard InChI is InChI=1S/C37H50N4O4/c1-4-40(5-2)27-19-20-28(29(22-27)38-30(42)21-24-13-9-10-14-24)32-35(43)33(36(32)44)31-23(3)39-41(37(31)45)34(26-17-11-12-18-26)25-15-7-6-8-16-25/h19-20,22,24-26,34,43H,4-18,21H2,1-3H3,(H,38,42)/b33-31-. The van der Waals surface area contributed by atoms with E-state index in [0.717, 1.165) is 70.1 Å². The Bertz CT molecular complexity index is 1420. The quantitative estimate of drug-likeness (QED) is 0.265. The monoisotopic (exact) mass is 614 g/mol. The number of allylic oxidation sites excluding steroid dienone is 2. The number of nitrogens with one attached hydrogen (secondary N) is 1. The van der Waals surface area contributed by atoms with Gasteiger partial charge in [0.2, 0.25) is 11.7 Å². The van der Waals surface area contributed by atoms with E-state index in [1.54, 1.807) is 11.9 Å². The van der Waals surface area contributed by atoms with Crippen molar-refractivity contribution >= 4 is 40.3 Å². The lowest BCUT2D eigenvalue weighted by atomic mass is 9.77. The van der Waals surface area contributed by atoms with E-state index in [4.69, 9.17) is 5.10 Å². The Morgan fingerprint density at radius 1 is 0.911 bits per heavy atom. The number of amides is 2. The van der Waals surface area contributed by atoms with Gasteiger partial charge in [0.25, 0.3) is 5.91 Å². The number of nitrogens with zero attached hydrogens (tertiary/aromatic N) is 3. The Morgan fingerprint density at radius 3 is 2.11 bits per heavy atom. The van der Waals surface area contributed by atoms with Gasteiger partial charge in [0.15, 0.2) is 0 Å². The van der Waals surface area contributed by atoms with E-state index in [2.05, 4.69) is 24.1 Å². The number of rotatable bonds is 10. The minimum Gasteiger partial charge on any atom is -0.506 e. The van der Waals surface area contributed by atoms with Crippen LogP contribution < -0.4 is 10.2 Å². The molecule has 1 heterocycles. The van der Waals surface area contributed by atoms with Crippen molar-refractivity contribution in [3.05, 3.63) is 40.7 Å². The molecule has 1 aliphatic heterocycles. The third-order valence-corrected chi connectivity index (χ3v) is 11.1. The third kappa shape index (κ3) is 6.09. The van der Waals surface area contributed by atoms with E-state index >= 15 is 0 Å². The molecule has 1 aromatic rings. The van der Waals surface area contributed by atoms with Gasteiger partial charge < -0.3 is 15.3 Å². The fourth-order valence-electron chi connectivity index (χ4n) is 8.78. The van der Waals surface area contributed by atoms with Gasteiger partial charge in [-0.1, -0.05) is 44.9 Å². The van der Waals surface area contributed by atoms with Crippen LogP contribution in [0.3, 0.4) is 0 Å². The highest BCUT2D eigenvalue weighted by atomic mass is 16.3. The van der Waals surface area contributed by atoms with Gasteiger partial charge in [-0.25, -0.2) is 5.01 Å². The zero-order valence-electron chi connectivity index (χ0n) is 27.4. The van der Waals surface area contributed by atoms with Crippen LogP contribution in [-0.2, 0) is 14.4 Å². The van der Waals surface area contributed by atoms with Gasteiger partial charge in [0.05, 0.1) is 34.2 Å². The number of carbonyl (C=O) groups is 3. The van der Waals surface area contributed by atoms with E-state index in [1.165, 1.54) is 32.1 Å². The molecule has 242 valence electrons. The first-order chi connectivity index (χ1) is 21.8. The molecule has 2 N–H and O–H groups in total. The van der Waals surface area contributed by atoms with Crippen LogP contribution in [0.1, 0.15) is 116 Å². The zero-order chi connectivity index (χ0) is 31.7. The Hall–Kier alpha value is -3.42. The third-order valence-electron chi connectivity index (χ3n) is 11.1. The highest BCUT2D eigenvalue weighted by Gasteiger charge is 2.47. The number of hydrazone groups is 1.